The molecule has 2 rings (SSSR count). The summed E-state index contributed by atoms with van der Waals surface area (Å²) >= 11 is 11.3. The van der Waals surface area contributed by atoms with Crippen LogP contribution in [0.4, 0.5) is 5.69 Å². The second kappa shape index (κ2) is 5.69. The molecule has 0 amide bonds. The van der Waals surface area contributed by atoms with Crippen molar-refractivity contribution < 1.29 is 0 Å². The van der Waals surface area contributed by atoms with E-state index in [4.69, 9.17) is 23.8 Å². The molecule has 1 unspecified atom stereocenters. The van der Waals surface area contributed by atoms with Crippen molar-refractivity contribution in [2.45, 2.75) is 19.8 Å². The molecule has 4 heteroatoms. The minimum Gasteiger partial charge on any atom is -0.349 e. The lowest BCUT2D eigenvalue weighted by molar-refractivity contribution is 0.276. The number of halogens is 1. The number of hydrogen-bond acceptors (Lipinski definition) is 1. The van der Waals surface area contributed by atoms with Gasteiger partial charge in [-0.15, -0.1) is 0 Å². The van der Waals surface area contributed by atoms with E-state index in [0.717, 1.165) is 34.8 Å². The Balaban J connectivity index is 1.94. The van der Waals surface area contributed by atoms with Gasteiger partial charge in [-0.1, -0.05) is 18.5 Å². The highest BCUT2D eigenvalue weighted by molar-refractivity contribution is 7.80. The van der Waals surface area contributed by atoms with Gasteiger partial charge >= 0.3 is 0 Å². The number of anilines is 1. The zero-order valence-electron chi connectivity index (χ0n) is 9.95. The monoisotopic (exact) mass is 268 g/mol. The summed E-state index contributed by atoms with van der Waals surface area (Å²) in [5.41, 5.74) is 0.998. The van der Waals surface area contributed by atoms with E-state index < -0.39 is 0 Å². The van der Waals surface area contributed by atoms with Crippen molar-refractivity contribution in [2.24, 2.45) is 5.92 Å². The van der Waals surface area contributed by atoms with Crippen molar-refractivity contribution in [1.29, 1.82) is 0 Å². The number of nitrogens with one attached hydrogen (secondary N) is 1. The van der Waals surface area contributed by atoms with Gasteiger partial charge in [0.1, 0.15) is 0 Å². The van der Waals surface area contributed by atoms with Crippen LogP contribution in [0.25, 0.3) is 0 Å². The Kier molecular flexibility index (Phi) is 4.24. The maximum atomic E-state index is 5.84. The number of likely N-dealkylation sites (tertiary alicyclic amines) is 1. The van der Waals surface area contributed by atoms with Gasteiger partial charge in [0.15, 0.2) is 5.11 Å². The summed E-state index contributed by atoms with van der Waals surface area (Å²) in [6.07, 6.45) is 2.53. The quantitative estimate of drug-likeness (QED) is 0.781. The van der Waals surface area contributed by atoms with Crippen LogP contribution in [-0.2, 0) is 0 Å². The van der Waals surface area contributed by atoms with Crippen molar-refractivity contribution >= 4 is 34.6 Å². The van der Waals surface area contributed by atoms with E-state index in [1.54, 1.807) is 0 Å². The minimum atomic E-state index is 0.730. The molecule has 1 fully saturated rings. The SMILES string of the molecule is CC1CCCN(C(=S)Nc2ccc(Cl)cc2)C1. The molecule has 1 aliphatic heterocycles. The van der Waals surface area contributed by atoms with Crippen molar-refractivity contribution in [3.05, 3.63) is 29.3 Å². The molecule has 0 aliphatic carbocycles. The minimum absolute atomic E-state index is 0.730. The molecule has 1 saturated heterocycles. The van der Waals surface area contributed by atoms with Gasteiger partial charge in [0.25, 0.3) is 0 Å². The Morgan fingerprint density at radius 2 is 2.12 bits per heavy atom. The van der Waals surface area contributed by atoms with Crippen molar-refractivity contribution in [1.82, 2.24) is 4.90 Å². The summed E-state index contributed by atoms with van der Waals surface area (Å²) in [6, 6.07) is 7.63. The fourth-order valence-corrected chi connectivity index (χ4v) is 2.52. The number of rotatable bonds is 1. The van der Waals surface area contributed by atoms with E-state index in [2.05, 4.69) is 17.1 Å². The summed E-state index contributed by atoms with van der Waals surface area (Å²) in [5.74, 6) is 0.730. The van der Waals surface area contributed by atoms with E-state index in [9.17, 15) is 0 Å². The second-order valence-corrected chi connectivity index (χ2v) is 5.45. The van der Waals surface area contributed by atoms with Crippen molar-refractivity contribution in [3.63, 3.8) is 0 Å². The predicted octanol–water partition coefficient (Wildman–Crippen LogP) is 3.77. The van der Waals surface area contributed by atoms with Crippen LogP contribution in [0.15, 0.2) is 24.3 Å². The fraction of sp³-hybridized carbons (Fsp3) is 0.462. The van der Waals surface area contributed by atoms with Gasteiger partial charge in [0, 0.05) is 23.8 Å². The highest BCUT2D eigenvalue weighted by Gasteiger charge is 2.18. The van der Waals surface area contributed by atoms with Gasteiger partial charge in [-0.25, -0.2) is 0 Å². The van der Waals surface area contributed by atoms with Gasteiger partial charge < -0.3 is 10.2 Å². The van der Waals surface area contributed by atoms with Gasteiger partial charge in [0.05, 0.1) is 0 Å². The number of nitrogens with zero attached hydrogens (tertiary/aromatic N) is 1. The Labute approximate surface area is 113 Å². The molecule has 92 valence electrons. The van der Waals surface area contributed by atoms with Crippen LogP contribution >= 0.6 is 23.8 Å². The first-order chi connectivity index (χ1) is 8.15. The summed E-state index contributed by atoms with van der Waals surface area (Å²) in [7, 11) is 0. The Bertz CT molecular complexity index is 391. The topological polar surface area (TPSA) is 15.3 Å². The maximum absolute atomic E-state index is 5.84. The summed E-state index contributed by atoms with van der Waals surface area (Å²) in [4.78, 5) is 2.25. The Morgan fingerprint density at radius 3 is 2.76 bits per heavy atom. The first-order valence-corrected chi connectivity index (χ1v) is 6.75. The Hall–Kier alpha value is -0.800. The predicted molar refractivity (Wildman–Crippen MR) is 77.6 cm³/mol. The average molecular weight is 269 g/mol. The van der Waals surface area contributed by atoms with Gasteiger partial charge in [0.2, 0.25) is 0 Å². The molecule has 0 spiro atoms. The maximum Gasteiger partial charge on any atom is 0.173 e. The molecular weight excluding hydrogens is 252 g/mol. The lowest BCUT2D eigenvalue weighted by Gasteiger charge is -2.33. The number of piperidine rings is 1. The third-order valence-corrected chi connectivity index (χ3v) is 3.65. The molecule has 1 aromatic carbocycles. The number of thiocarbonyl (C=S) groups is 1. The van der Waals surface area contributed by atoms with Crippen LogP contribution in [-0.4, -0.2) is 23.1 Å². The number of benzene rings is 1. The molecule has 1 aromatic rings. The summed E-state index contributed by atoms with van der Waals surface area (Å²) in [6.45, 7) is 4.39. The van der Waals surface area contributed by atoms with Crippen molar-refractivity contribution in [3.8, 4) is 0 Å². The fourth-order valence-electron chi connectivity index (χ4n) is 2.11. The van der Waals surface area contributed by atoms with E-state index in [1.807, 2.05) is 24.3 Å². The smallest absolute Gasteiger partial charge is 0.173 e. The third-order valence-electron chi connectivity index (χ3n) is 3.04. The van der Waals surface area contributed by atoms with E-state index >= 15 is 0 Å². The lowest BCUT2D eigenvalue weighted by Crippen LogP contribution is -2.41. The summed E-state index contributed by atoms with van der Waals surface area (Å²) < 4.78 is 0. The molecule has 1 N–H and O–H groups in total. The first-order valence-electron chi connectivity index (χ1n) is 5.96. The third kappa shape index (κ3) is 3.58. The van der Waals surface area contributed by atoms with Crippen LogP contribution < -0.4 is 5.32 Å². The van der Waals surface area contributed by atoms with Crippen molar-refractivity contribution in [2.75, 3.05) is 18.4 Å². The normalized spacial score (nSPS) is 20.1. The molecular formula is C13H17ClN2S. The van der Waals surface area contributed by atoms with E-state index in [1.165, 1.54) is 12.8 Å². The van der Waals surface area contributed by atoms with E-state index in [0.29, 0.717) is 0 Å². The highest BCUT2D eigenvalue weighted by Crippen LogP contribution is 2.18. The number of hydrogen-bond donors (Lipinski definition) is 1. The second-order valence-electron chi connectivity index (χ2n) is 4.63. The molecule has 0 saturated carbocycles. The lowest BCUT2D eigenvalue weighted by atomic mass is 10.0. The highest BCUT2D eigenvalue weighted by atomic mass is 35.5. The first kappa shape index (κ1) is 12.7. The van der Waals surface area contributed by atoms with Crippen LogP contribution in [0.1, 0.15) is 19.8 Å². The van der Waals surface area contributed by atoms with Crippen LogP contribution in [0.2, 0.25) is 5.02 Å². The average Bonchev–Trinajstić information content (AvgIpc) is 2.32. The molecule has 1 heterocycles. The standard InChI is InChI=1S/C13H17ClN2S/c1-10-3-2-8-16(9-10)13(17)15-12-6-4-11(14)5-7-12/h4-7,10H,2-3,8-9H2,1H3,(H,15,17). The van der Waals surface area contributed by atoms with Gasteiger partial charge in [-0.3, -0.25) is 0 Å². The zero-order valence-corrected chi connectivity index (χ0v) is 11.5. The molecule has 2 nitrogen and oxygen atoms in total. The Morgan fingerprint density at radius 1 is 1.41 bits per heavy atom. The van der Waals surface area contributed by atoms with Crippen LogP contribution in [0.5, 0.6) is 0 Å². The summed E-state index contributed by atoms with van der Waals surface area (Å²) in [5, 5.41) is 4.82. The molecule has 17 heavy (non-hydrogen) atoms. The molecule has 1 atom stereocenters. The largest absolute Gasteiger partial charge is 0.349 e. The van der Waals surface area contributed by atoms with E-state index in [-0.39, 0.29) is 0 Å². The van der Waals surface area contributed by atoms with Gasteiger partial charge in [-0.2, -0.15) is 0 Å². The molecule has 0 radical (unpaired) electrons. The van der Waals surface area contributed by atoms with Gasteiger partial charge in [-0.05, 0) is 55.2 Å². The molecule has 0 bridgehead atoms. The van der Waals surface area contributed by atoms with Crippen LogP contribution in [0.3, 0.4) is 0 Å². The van der Waals surface area contributed by atoms with Crippen LogP contribution in [0, 0.1) is 5.92 Å². The zero-order chi connectivity index (χ0) is 12.3. The molecule has 1 aliphatic rings. The molecule has 0 aromatic heterocycles.